The molecule has 1 unspecified atom stereocenters. The van der Waals surface area contributed by atoms with E-state index < -0.39 is 6.17 Å². The first-order valence-electron chi connectivity index (χ1n) is 4.44. The van der Waals surface area contributed by atoms with Crippen molar-refractivity contribution in [2.45, 2.75) is 13.1 Å². The zero-order valence-electron chi connectivity index (χ0n) is 8.12. The second-order valence-electron chi connectivity index (χ2n) is 3.23. The lowest BCUT2D eigenvalue weighted by Gasteiger charge is -2.19. The molecule has 80 valence electrons. The van der Waals surface area contributed by atoms with Crippen LogP contribution < -0.4 is 16.6 Å². The average Bonchev–Trinajstić information content (AvgIpc) is 2.65. The number of rotatable bonds is 2. The molecule has 0 saturated carbocycles. The number of nitrogens with zero attached hydrogens (tertiary/aromatic N) is 1. The molecule has 2 heterocycles. The monoisotopic (exact) mass is 226 g/mol. The molecule has 1 aromatic rings. The van der Waals surface area contributed by atoms with Gasteiger partial charge in [-0.2, -0.15) is 4.37 Å². The number of allylic oxidation sites excluding steroid dienone is 2. The first-order valence-corrected chi connectivity index (χ1v) is 5.21. The number of hydrogen-bond donors (Lipinski definition) is 3. The summed E-state index contributed by atoms with van der Waals surface area (Å²) >= 11 is 1.35. The standard InChI is InChI=1S/C9H11FN4S/c1-5-2-8(15-14-5)6-3-7(10)9(13-11)12-4-6/h2-4,9,12-13H,11H2,1H3. The molecule has 0 bridgehead atoms. The Bertz CT molecular complexity index is 424. The summed E-state index contributed by atoms with van der Waals surface area (Å²) in [7, 11) is 0. The van der Waals surface area contributed by atoms with E-state index >= 15 is 0 Å². The van der Waals surface area contributed by atoms with Crippen LogP contribution in [0.1, 0.15) is 10.6 Å². The number of aromatic nitrogens is 1. The van der Waals surface area contributed by atoms with Crippen molar-refractivity contribution in [3.63, 3.8) is 0 Å². The molecule has 0 saturated heterocycles. The molecule has 1 aliphatic rings. The van der Waals surface area contributed by atoms with Gasteiger partial charge in [-0.1, -0.05) is 0 Å². The SMILES string of the molecule is Cc1cc(C2=CNC(NN)C(F)=C2)sn1. The van der Waals surface area contributed by atoms with Gasteiger partial charge in [0, 0.05) is 11.8 Å². The van der Waals surface area contributed by atoms with E-state index in [9.17, 15) is 4.39 Å². The van der Waals surface area contributed by atoms with Gasteiger partial charge in [0.2, 0.25) is 0 Å². The molecule has 6 heteroatoms. The van der Waals surface area contributed by atoms with Gasteiger partial charge in [-0.05, 0) is 30.6 Å². The van der Waals surface area contributed by atoms with Crippen LogP contribution in [0.2, 0.25) is 0 Å². The molecule has 2 rings (SSSR count). The second-order valence-corrected chi connectivity index (χ2v) is 4.03. The number of hydrogen-bond acceptors (Lipinski definition) is 5. The van der Waals surface area contributed by atoms with Crippen LogP contribution in [0.25, 0.3) is 5.57 Å². The summed E-state index contributed by atoms with van der Waals surface area (Å²) < 4.78 is 17.5. The number of aryl methyl sites for hydroxylation is 1. The maximum atomic E-state index is 13.4. The molecule has 4 nitrogen and oxygen atoms in total. The van der Waals surface area contributed by atoms with Crippen molar-refractivity contribution in [2.24, 2.45) is 5.84 Å². The second kappa shape index (κ2) is 4.09. The van der Waals surface area contributed by atoms with Crippen molar-refractivity contribution < 1.29 is 4.39 Å². The number of dihydropyridines is 1. The van der Waals surface area contributed by atoms with E-state index in [0.29, 0.717) is 0 Å². The molecule has 0 aliphatic carbocycles. The normalized spacial score (nSPS) is 20.6. The first-order chi connectivity index (χ1) is 7.20. The minimum absolute atomic E-state index is 0.332. The van der Waals surface area contributed by atoms with E-state index in [1.807, 2.05) is 13.0 Å². The zero-order chi connectivity index (χ0) is 10.8. The van der Waals surface area contributed by atoms with Crippen LogP contribution in [-0.2, 0) is 0 Å². The molecule has 1 aliphatic heterocycles. The predicted molar refractivity (Wildman–Crippen MR) is 58.3 cm³/mol. The van der Waals surface area contributed by atoms with Crippen LogP contribution >= 0.6 is 11.5 Å². The summed E-state index contributed by atoms with van der Waals surface area (Å²) in [5.74, 6) is 4.82. The minimum Gasteiger partial charge on any atom is -0.369 e. The summed E-state index contributed by atoms with van der Waals surface area (Å²) in [6.45, 7) is 1.90. The molecule has 0 fully saturated rings. The Morgan fingerprint density at radius 2 is 2.47 bits per heavy atom. The lowest BCUT2D eigenvalue weighted by atomic mass is 10.1. The molecular formula is C9H11FN4S. The van der Waals surface area contributed by atoms with Crippen molar-refractivity contribution in [3.8, 4) is 0 Å². The van der Waals surface area contributed by atoms with Gasteiger partial charge in [0.05, 0.1) is 10.6 Å². The maximum absolute atomic E-state index is 13.4. The van der Waals surface area contributed by atoms with Crippen molar-refractivity contribution in [2.75, 3.05) is 0 Å². The van der Waals surface area contributed by atoms with Gasteiger partial charge in [0.1, 0.15) is 12.0 Å². The predicted octanol–water partition coefficient (Wildman–Crippen LogP) is 1.04. The van der Waals surface area contributed by atoms with Gasteiger partial charge < -0.3 is 5.32 Å². The summed E-state index contributed by atoms with van der Waals surface area (Å²) in [6, 6.07) is 1.91. The Hall–Kier alpha value is -1.24. The van der Waals surface area contributed by atoms with Gasteiger partial charge in [-0.25, -0.2) is 9.82 Å². The molecule has 4 N–H and O–H groups in total. The fourth-order valence-electron chi connectivity index (χ4n) is 1.30. The van der Waals surface area contributed by atoms with E-state index in [4.69, 9.17) is 5.84 Å². The van der Waals surface area contributed by atoms with E-state index in [-0.39, 0.29) is 5.83 Å². The molecule has 15 heavy (non-hydrogen) atoms. The largest absolute Gasteiger partial charge is 0.369 e. The Balaban J connectivity index is 2.24. The van der Waals surface area contributed by atoms with Crippen molar-refractivity contribution in [1.82, 2.24) is 15.1 Å². The van der Waals surface area contributed by atoms with Crippen LogP contribution in [0.4, 0.5) is 4.39 Å². The third-order valence-corrected chi connectivity index (χ3v) is 2.98. The molecule has 0 spiro atoms. The van der Waals surface area contributed by atoms with Crippen molar-refractivity contribution in [1.29, 1.82) is 0 Å². The number of halogens is 1. The van der Waals surface area contributed by atoms with Crippen LogP contribution in [0, 0.1) is 6.92 Å². The topological polar surface area (TPSA) is 63.0 Å². The van der Waals surface area contributed by atoms with E-state index in [0.717, 1.165) is 16.1 Å². The molecule has 0 aromatic carbocycles. The van der Waals surface area contributed by atoms with Crippen molar-refractivity contribution in [3.05, 3.63) is 34.7 Å². The van der Waals surface area contributed by atoms with Gasteiger partial charge >= 0.3 is 0 Å². The number of nitrogens with two attached hydrogens (primary N) is 1. The van der Waals surface area contributed by atoms with Crippen LogP contribution in [-0.4, -0.2) is 10.5 Å². The number of nitrogens with one attached hydrogen (secondary N) is 2. The highest BCUT2D eigenvalue weighted by atomic mass is 32.1. The van der Waals surface area contributed by atoms with Crippen LogP contribution in [0.5, 0.6) is 0 Å². The summed E-state index contributed by atoms with van der Waals surface area (Å²) in [5.41, 5.74) is 4.04. The van der Waals surface area contributed by atoms with Crippen molar-refractivity contribution >= 4 is 17.1 Å². The fraction of sp³-hybridized carbons (Fsp3) is 0.222. The third-order valence-electron chi connectivity index (χ3n) is 2.05. The Morgan fingerprint density at radius 3 is 3.00 bits per heavy atom. The lowest BCUT2D eigenvalue weighted by Crippen LogP contribution is -2.45. The third kappa shape index (κ3) is 2.06. The highest BCUT2D eigenvalue weighted by molar-refractivity contribution is 7.07. The highest BCUT2D eigenvalue weighted by Crippen LogP contribution is 2.25. The van der Waals surface area contributed by atoms with E-state index in [1.54, 1.807) is 6.20 Å². The quantitative estimate of drug-likeness (QED) is 0.521. The molecule has 1 atom stereocenters. The summed E-state index contributed by atoms with van der Waals surface area (Å²) in [4.78, 5) is 0.936. The smallest absolute Gasteiger partial charge is 0.142 e. The lowest BCUT2D eigenvalue weighted by molar-refractivity contribution is 0.439. The fourth-order valence-corrected chi connectivity index (χ4v) is 2.04. The van der Waals surface area contributed by atoms with Crippen LogP contribution in [0.3, 0.4) is 0 Å². The molecule has 0 amide bonds. The average molecular weight is 226 g/mol. The minimum atomic E-state index is -0.636. The highest BCUT2D eigenvalue weighted by Gasteiger charge is 2.17. The van der Waals surface area contributed by atoms with E-state index in [1.165, 1.54) is 17.6 Å². The van der Waals surface area contributed by atoms with Gasteiger partial charge in [-0.3, -0.25) is 5.84 Å². The van der Waals surface area contributed by atoms with Gasteiger partial charge in [0.25, 0.3) is 0 Å². The Kier molecular flexibility index (Phi) is 2.81. The maximum Gasteiger partial charge on any atom is 0.142 e. The zero-order valence-corrected chi connectivity index (χ0v) is 8.94. The first kappa shape index (κ1) is 10.3. The molecular weight excluding hydrogens is 215 g/mol. The molecule has 1 aromatic heterocycles. The van der Waals surface area contributed by atoms with Crippen LogP contribution in [0.15, 0.2) is 24.2 Å². The van der Waals surface area contributed by atoms with E-state index in [2.05, 4.69) is 15.1 Å². The van der Waals surface area contributed by atoms with Gasteiger partial charge in [0.15, 0.2) is 0 Å². The Morgan fingerprint density at radius 1 is 1.67 bits per heavy atom. The van der Waals surface area contributed by atoms with Gasteiger partial charge in [-0.15, -0.1) is 0 Å². The summed E-state index contributed by atoms with van der Waals surface area (Å²) in [5, 5.41) is 2.81. The molecule has 0 radical (unpaired) electrons. The number of hydrazine groups is 1. The summed E-state index contributed by atoms with van der Waals surface area (Å²) in [6.07, 6.45) is 2.54. The Labute approximate surface area is 90.8 Å².